The van der Waals surface area contributed by atoms with Crippen molar-refractivity contribution in [3.8, 4) is 11.5 Å². The van der Waals surface area contributed by atoms with E-state index < -0.39 is 5.91 Å². The summed E-state index contributed by atoms with van der Waals surface area (Å²) < 4.78 is 6.08. The van der Waals surface area contributed by atoms with Crippen LogP contribution in [0.15, 0.2) is 48.7 Å². The third-order valence-electron chi connectivity index (χ3n) is 6.34. The minimum Gasteiger partial charge on any atom is -0.455 e. The van der Waals surface area contributed by atoms with Gasteiger partial charge in [-0.15, -0.1) is 0 Å². The summed E-state index contributed by atoms with van der Waals surface area (Å²) in [6.45, 7) is 2.93. The summed E-state index contributed by atoms with van der Waals surface area (Å²) in [6, 6.07) is 12.9. The fraction of sp³-hybridized carbons (Fsp3) is 0.259. The van der Waals surface area contributed by atoms with Gasteiger partial charge in [-0.05, 0) is 38.0 Å². The molecule has 0 unspecified atom stereocenters. The number of amides is 2. The molecule has 2 aliphatic rings. The zero-order valence-corrected chi connectivity index (χ0v) is 21.6. The number of aryl methyl sites for hydroxylation is 1. The molecule has 10 heteroatoms. The van der Waals surface area contributed by atoms with Gasteiger partial charge in [-0.2, -0.15) is 0 Å². The molecular formula is C27H24Cl2N4O4. The molecule has 1 N–H and O–H groups in total. The molecule has 2 amide bonds. The molecule has 2 aromatic carbocycles. The number of ether oxygens (including phenoxy) is 1. The molecule has 0 saturated heterocycles. The Morgan fingerprint density at radius 2 is 1.81 bits per heavy atom. The van der Waals surface area contributed by atoms with E-state index in [2.05, 4.69) is 15.2 Å². The average molecular weight is 539 g/mol. The monoisotopic (exact) mass is 538 g/mol. The van der Waals surface area contributed by atoms with Crippen LogP contribution < -0.4 is 19.9 Å². The van der Waals surface area contributed by atoms with Gasteiger partial charge in [0.2, 0.25) is 0 Å². The maximum absolute atomic E-state index is 13.8. The summed E-state index contributed by atoms with van der Waals surface area (Å²) in [6.07, 6.45) is 4.41. The third kappa shape index (κ3) is 5.12. The Kier molecular flexibility index (Phi) is 7.04. The van der Waals surface area contributed by atoms with E-state index in [1.54, 1.807) is 17.9 Å². The fourth-order valence-electron chi connectivity index (χ4n) is 4.41. The van der Waals surface area contributed by atoms with E-state index >= 15 is 0 Å². The molecule has 190 valence electrons. The van der Waals surface area contributed by atoms with Gasteiger partial charge in [0, 0.05) is 43.2 Å². The van der Waals surface area contributed by atoms with E-state index in [0.717, 1.165) is 17.9 Å². The Morgan fingerprint density at radius 1 is 1.05 bits per heavy atom. The SMILES string of the molecule is Cc1cc(Oc2cc(Cl)c(C(=O)NCC=O)cc2Cl)c(C(=O)N2CCN(C3CC3)c3ccccc32)cn1. The van der Waals surface area contributed by atoms with Crippen LogP contribution in [0.3, 0.4) is 0 Å². The molecule has 1 aromatic heterocycles. The van der Waals surface area contributed by atoms with Crippen molar-refractivity contribution in [3.05, 3.63) is 75.5 Å². The van der Waals surface area contributed by atoms with E-state index in [-0.39, 0.29) is 45.1 Å². The van der Waals surface area contributed by atoms with Crippen molar-refractivity contribution in [3.63, 3.8) is 0 Å². The number of nitrogens with one attached hydrogen (secondary N) is 1. The van der Waals surface area contributed by atoms with Gasteiger partial charge in [-0.1, -0.05) is 35.3 Å². The van der Waals surface area contributed by atoms with Crippen LogP contribution in [0.4, 0.5) is 11.4 Å². The number of fused-ring (bicyclic) bond motifs is 1. The third-order valence-corrected chi connectivity index (χ3v) is 6.95. The highest BCUT2D eigenvalue weighted by molar-refractivity contribution is 6.36. The van der Waals surface area contributed by atoms with Crippen molar-refractivity contribution in [1.29, 1.82) is 0 Å². The zero-order chi connectivity index (χ0) is 26.1. The second-order valence-electron chi connectivity index (χ2n) is 8.93. The Bertz CT molecular complexity index is 1390. The lowest BCUT2D eigenvalue weighted by Crippen LogP contribution is -2.45. The number of para-hydroxylation sites is 2. The largest absolute Gasteiger partial charge is 0.455 e. The van der Waals surface area contributed by atoms with Gasteiger partial charge in [0.1, 0.15) is 23.3 Å². The molecule has 37 heavy (non-hydrogen) atoms. The molecule has 0 atom stereocenters. The first kappa shape index (κ1) is 25.0. The van der Waals surface area contributed by atoms with Gasteiger partial charge in [-0.25, -0.2) is 0 Å². The van der Waals surface area contributed by atoms with Crippen LogP contribution in [0.2, 0.25) is 10.0 Å². The second kappa shape index (κ2) is 10.4. The molecule has 1 fully saturated rings. The van der Waals surface area contributed by atoms with Gasteiger partial charge in [0.05, 0.1) is 33.5 Å². The Hall–Kier alpha value is -3.62. The number of nitrogens with zero attached hydrogens (tertiary/aromatic N) is 3. The van der Waals surface area contributed by atoms with Crippen molar-refractivity contribution in [2.45, 2.75) is 25.8 Å². The number of benzene rings is 2. The van der Waals surface area contributed by atoms with Crippen LogP contribution in [0.5, 0.6) is 11.5 Å². The lowest BCUT2D eigenvalue weighted by atomic mass is 10.1. The summed E-state index contributed by atoms with van der Waals surface area (Å²) in [5.74, 6) is -0.324. The highest BCUT2D eigenvalue weighted by Gasteiger charge is 2.36. The number of aldehydes is 1. The molecule has 0 bridgehead atoms. The number of rotatable bonds is 7. The lowest BCUT2D eigenvalue weighted by molar-refractivity contribution is -0.107. The number of carbonyl (C=O) groups excluding carboxylic acids is 3. The quantitative estimate of drug-likeness (QED) is 0.423. The van der Waals surface area contributed by atoms with Crippen LogP contribution >= 0.6 is 23.2 Å². The van der Waals surface area contributed by atoms with Crippen molar-refractivity contribution >= 4 is 52.7 Å². The highest BCUT2D eigenvalue weighted by atomic mass is 35.5. The van der Waals surface area contributed by atoms with Gasteiger partial charge in [-0.3, -0.25) is 14.6 Å². The topological polar surface area (TPSA) is 91.8 Å². The van der Waals surface area contributed by atoms with E-state index in [0.29, 0.717) is 24.6 Å². The van der Waals surface area contributed by atoms with Crippen LogP contribution in [0, 0.1) is 6.92 Å². The summed E-state index contributed by atoms with van der Waals surface area (Å²) >= 11 is 12.7. The van der Waals surface area contributed by atoms with Crippen LogP contribution in [0.1, 0.15) is 39.3 Å². The first-order valence-electron chi connectivity index (χ1n) is 11.9. The summed E-state index contributed by atoms with van der Waals surface area (Å²) in [5.41, 5.74) is 2.93. The molecule has 8 nitrogen and oxygen atoms in total. The van der Waals surface area contributed by atoms with Crippen molar-refractivity contribution in [2.75, 3.05) is 29.4 Å². The van der Waals surface area contributed by atoms with Crippen LogP contribution in [-0.4, -0.2) is 48.8 Å². The van der Waals surface area contributed by atoms with Crippen LogP contribution in [-0.2, 0) is 4.79 Å². The smallest absolute Gasteiger partial charge is 0.263 e. The first-order chi connectivity index (χ1) is 17.9. The van der Waals surface area contributed by atoms with Gasteiger partial charge < -0.3 is 24.6 Å². The Balaban J connectivity index is 1.45. The predicted molar refractivity (Wildman–Crippen MR) is 142 cm³/mol. The number of anilines is 2. The minimum atomic E-state index is -0.537. The fourth-order valence-corrected chi connectivity index (χ4v) is 4.86. The number of hydrogen-bond donors (Lipinski definition) is 1. The van der Waals surface area contributed by atoms with Crippen molar-refractivity contribution < 1.29 is 19.1 Å². The second-order valence-corrected chi connectivity index (χ2v) is 9.75. The van der Waals surface area contributed by atoms with Gasteiger partial charge in [0.15, 0.2) is 0 Å². The Labute approximate surface area is 224 Å². The van der Waals surface area contributed by atoms with E-state index in [1.165, 1.54) is 31.2 Å². The molecule has 1 aliphatic heterocycles. The number of halogens is 2. The summed E-state index contributed by atoms with van der Waals surface area (Å²) in [5, 5.41) is 2.63. The summed E-state index contributed by atoms with van der Waals surface area (Å²) in [4.78, 5) is 45.1. The molecule has 1 saturated carbocycles. The molecular weight excluding hydrogens is 515 g/mol. The standard InChI is InChI=1S/C27H24Cl2N4O4/c1-16-12-24(37-25-14-20(28)18(13-21(25)29)26(35)30-8-11-34)19(15-31-16)27(36)33-10-9-32(17-6-7-17)22-4-2-3-5-23(22)33/h2-5,11-15,17H,6-10H2,1H3,(H,30,35). The minimum absolute atomic E-state index is 0.0894. The maximum atomic E-state index is 13.8. The van der Waals surface area contributed by atoms with Gasteiger partial charge >= 0.3 is 0 Å². The molecule has 0 radical (unpaired) electrons. The number of hydrogen-bond acceptors (Lipinski definition) is 6. The first-order valence-corrected chi connectivity index (χ1v) is 12.7. The molecule has 2 heterocycles. The van der Waals surface area contributed by atoms with Crippen molar-refractivity contribution in [1.82, 2.24) is 10.3 Å². The zero-order valence-electron chi connectivity index (χ0n) is 20.0. The van der Waals surface area contributed by atoms with Crippen LogP contribution in [0.25, 0.3) is 0 Å². The molecule has 3 aromatic rings. The molecule has 1 aliphatic carbocycles. The number of pyridine rings is 1. The maximum Gasteiger partial charge on any atom is 0.263 e. The number of carbonyl (C=O) groups is 3. The van der Waals surface area contributed by atoms with Crippen molar-refractivity contribution in [2.24, 2.45) is 0 Å². The molecule has 0 spiro atoms. The average Bonchev–Trinajstić information content (AvgIpc) is 3.74. The van der Waals surface area contributed by atoms with E-state index in [1.807, 2.05) is 24.3 Å². The van der Waals surface area contributed by atoms with E-state index in [9.17, 15) is 14.4 Å². The lowest BCUT2D eigenvalue weighted by Gasteiger charge is -2.38. The Morgan fingerprint density at radius 3 is 2.54 bits per heavy atom. The number of aromatic nitrogens is 1. The van der Waals surface area contributed by atoms with Gasteiger partial charge in [0.25, 0.3) is 11.8 Å². The highest BCUT2D eigenvalue weighted by Crippen LogP contribution is 2.41. The van der Waals surface area contributed by atoms with E-state index in [4.69, 9.17) is 27.9 Å². The normalized spacial score (nSPS) is 14.7. The summed E-state index contributed by atoms with van der Waals surface area (Å²) in [7, 11) is 0. The molecule has 5 rings (SSSR count). The predicted octanol–water partition coefficient (Wildman–Crippen LogP) is 5.05.